The minimum Gasteiger partial charge on any atom is -0.438 e. The number of nitrogens with one attached hydrogen (secondary N) is 1. The Morgan fingerprint density at radius 3 is 2.82 bits per heavy atom. The molecule has 0 bridgehead atoms. The molecule has 1 aromatic heterocycles. The topological polar surface area (TPSA) is 77.2 Å². The van der Waals surface area contributed by atoms with Crippen molar-refractivity contribution in [1.82, 2.24) is 10.3 Å². The third-order valence-electron chi connectivity index (χ3n) is 4.06. The van der Waals surface area contributed by atoms with Crippen LogP contribution in [-0.4, -0.2) is 16.6 Å². The van der Waals surface area contributed by atoms with Crippen LogP contribution in [0, 0.1) is 5.92 Å². The first-order valence-corrected chi connectivity index (χ1v) is 7.93. The molecule has 122 valence electrons. The smallest absolute Gasteiger partial charge is 0.408 e. The van der Waals surface area contributed by atoms with E-state index in [1.165, 1.54) is 0 Å². The van der Waals surface area contributed by atoms with Crippen molar-refractivity contribution in [3.8, 4) is 0 Å². The monoisotopic (exact) mass is 305 g/mol. The molecule has 0 aliphatic heterocycles. The molecule has 1 heterocycles. The maximum absolute atomic E-state index is 12.3. The number of nitrogens with zero attached hydrogens (tertiary/aromatic N) is 1. The van der Waals surface area contributed by atoms with E-state index in [0.717, 1.165) is 31.2 Å². The number of nitrogens with two attached hydrogens (primary N) is 1. The fraction of sp³-hybridized carbons (Fsp3) is 0.647. The van der Waals surface area contributed by atoms with Crippen molar-refractivity contribution in [2.75, 3.05) is 5.73 Å². The first-order chi connectivity index (χ1) is 10.2. The Hall–Kier alpha value is -1.78. The average molecular weight is 305 g/mol. The summed E-state index contributed by atoms with van der Waals surface area (Å²) in [5.74, 6) is 0.490. The number of alkyl carbamates (subject to hydrolysis) is 1. The minimum atomic E-state index is -0.653. The second kappa shape index (κ2) is 6.15. The van der Waals surface area contributed by atoms with E-state index in [1.807, 2.05) is 26.8 Å². The van der Waals surface area contributed by atoms with Gasteiger partial charge in [-0.15, -0.1) is 0 Å². The Morgan fingerprint density at radius 2 is 2.23 bits per heavy atom. The highest BCUT2D eigenvalue weighted by Crippen LogP contribution is 2.44. The van der Waals surface area contributed by atoms with Crippen molar-refractivity contribution in [2.45, 2.75) is 64.5 Å². The van der Waals surface area contributed by atoms with Gasteiger partial charge in [-0.2, -0.15) is 0 Å². The van der Waals surface area contributed by atoms with Crippen molar-refractivity contribution in [1.29, 1.82) is 0 Å². The summed E-state index contributed by atoms with van der Waals surface area (Å²) in [6.07, 6.45) is 6.70. The number of aromatic nitrogens is 1. The van der Waals surface area contributed by atoms with Crippen LogP contribution in [0.25, 0.3) is 0 Å². The Bertz CT molecular complexity index is 539. The number of amides is 1. The molecule has 0 spiro atoms. The van der Waals surface area contributed by atoms with Gasteiger partial charge in [0.15, 0.2) is 0 Å². The van der Waals surface area contributed by atoms with Gasteiger partial charge in [-0.3, -0.25) is 4.98 Å². The van der Waals surface area contributed by atoms with Crippen LogP contribution in [0.15, 0.2) is 18.5 Å². The summed E-state index contributed by atoms with van der Waals surface area (Å²) in [7, 11) is 0. The molecule has 2 atom stereocenters. The summed E-state index contributed by atoms with van der Waals surface area (Å²) in [6, 6.07) is 1.87. The quantitative estimate of drug-likeness (QED) is 0.875. The Labute approximate surface area is 132 Å². The maximum atomic E-state index is 12.3. The summed E-state index contributed by atoms with van der Waals surface area (Å²) in [5, 5.41) is 2.88. The molecular formula is C17H27N3O2. The summed E-state index contributed by atoms with van der Waals surface area (Å²) in [4.78, 5) is 16.4. The molecule has 1 aliphatic rings. The third kappa shape index (κ3) is 3.90. The summed E-state index contributed by atoms with van der Waals surface area (Å²) in [5.41, 5.74) is 6.58. The zero-order valence-corrected chi connectivity index (χ0v) is 14.0. The van der Waals surface area contributed by atoms with Gasteiger partial charge >= 0.3 is 6.09 Å². The van der Waals surface area contributed by atoms with Crippen molar-refractivity contribution in [2.24, 2.45) is 5.92 Å². The van der Waals surface area contributed by atoms with Crippen LogP contribution in [0.4, 0.5) is 10.5 Å². The van der Waals surface area contributed by atoms with E-state index in [9.17, 15) is 4.79 Å². The van der Waals surface area contributed by atoms with Gasteiger partial charge in [0, 0.05) is 17.3 Å². The highest BCUT2D eigenvalue weighted by atomic mass is 16.6. The van der Waals surface area contributed by atoms with Crippen molar-refractivity contribution >= 4 is 11.8 Å². The third-order valence-corrected chi connectivity index (χ3v) is 4.06. The van der Waals surface area contributed by atoms with E-state index in [0.29, 0.717) is 11.6 Å². The lowest BCUT2D eigenvalue weighted by molar-refractivity contribution is -0.0363. The van der Waals surface area contributed by atoms with E-state index in [1.54, 1.807) is 12.4 Å². The Balaban J connectivity index is 2.31. The Kier molecular flexibility index (Phi) is 4.63. The van der Waals surface area contributed by atoms with Crippen LogP contribution in [0.3, 0.4) is 0 Å². The number of pyridine rings is 1. The van der Waals surface area contributed by atoms with Gasteiger partial charge in [0.25, 0.3) is 0 Å². The molecule has 3 N–H and O–H groups in total. The molecule has 5 nitrogen and oxygen atoms in total. The first-order valence-electron chi connectivity index (χ1n) is 7.93. The summed E-state index contributed by atoms with van der Waals surface area (Å²) in [6.45, 7) is 8.00. The second-order valence-electron chi connectivity index (χ2n) is 7.42. The molecule has 22 heavy (non-hydrogen) atoms. The lowest BCUT2D eigenvalue weighted by Gasteiger charge is -2.40. The fourth-order valence-electron chi connectivity index (χ4n) is 3.23. The lowest BCUT2D eigenvalue weighted by atomic mass is 9.74. The van der Waals surface area contributed by atoms with E-state index < -0.39 is 11.7 Å². The van der Waals surface area contributed by atoms with Gasteiger partial charge in [-0.25, -0.2) is 4.79 Å². The van der Waals surface area contributed by atoms with Gasteiger partial charge in [-0.1, -0.05) is 13.3 Å². The van der Waals surface area contributed by atoms with Gasteiger partial charge in [0.05, 0.1) is 11.9 Å². The van der Waals surface area contributed by atoms with Crippen LogP contribution in [-0.2, 0) is 10.3 Å². The van der Waals surface area contributed by atoms with Crippen molar-refractivity contribution < 1.29 is 9.53 Å². The summed E-state index contributed by atoms with van der Waals surface area (Å²) < 4.78 is 5.93. The first kappa shape index (κ1) is 16.6. The van der Waals surface area contributed by atoms with Crippen LogP contribution < -0.4 is 11.1 Å². The normalized spacial score (nSPS) is 25.5. The van der Waals surface area contributed by atoms with Crippen molar-refractivity contribution in [3.05, 3.63) is 24.0 Å². The highest BCUT2D eigenvalue weighted by molar-refractivity contribution is 5.69. The fourth-order valence-corrected chi connectivity index (χ4v) is 3.23. The average Bonchev–Trinajstić information content (AvgIpc) is 2.36. The van der Waals surface area contributed by atoms with Crippen LogP contribution >= 0.6 is 0 Å². The second-order valence-corrected chi connectivity index (χ2v) is 7.42. The largest absolute Gasteiger partial charge is 0.438 e. The molecule has 1 fully saturated rings. The number of rotatable bonds is 2. The molecule has 0 aromatic carbocycles. The van der Waals surface area contributed by atoms with E-state index in [4.69, 9.17) is 10.5 Å². The predicted molar refractivity (Wildman–Crippen MR) is 87.3 cm³/mol. The SMILES string of the molecule is CC1CCCC(OC(=O)NC(C)(C)C)(c2ccncc2N)C1. The number of ether oxygens (including phenoxy) is 1. The number of hydrogen-bond donors (Lipinski definition) is 2. The van der Waals surface area contributed by atoms with E-state index >= 15 is 0 Å². The Morgan fingerprint density at radius 1 is 1.50 bits per heavy atom. The van der Waals surface area contributed by atoms with Gasteiger partial charge in [0.2, 0.25) is 0 Å². The van der Waals surface area contributed by atoms with E-state index in [-0.39, 0.29) is 5.54 Å². The summed E-state index contributed by atoms with van der Waals surface area (Å²) >= 11 is 0. The van der Waals surface area contributed by atoms with Crippen LogP contribution in [0.1, 0.15) is 58.9 Å². The molecule has 0 radical (unpaired) electrons. The molecular weight excluding hydrogens is 278 g/mol. The van der Waals surface area contributed by atoms with Crippen molar-refractivity contribution in [3.63, 3.8) is 0 Å². The molecule has 1 saturated carbocycles. The molecule has 1 aliphatic carbocycles. The zero-order chi connectivity index (χ0) is 16.4. The number of carbonyl (C=O) groups is 1. The molecule has 0 saturated heterocycles. The molecule has 5 heteroatoms. The number of nitrogen functional groups attached to an aromatic ring is 1. The molecule has 2 rings (SSSR count). The molecule has 1 aromatic rings. The highest BCUT2D eigenvalue weighted by Gasteiger charge is 2.42. The minimum absolute atomic E-state index is 0.331. The number of hydrogen-bond acceptors (Lipinski definition) is 4. The van der Waals surface area contributed by atoms with E-state index in [2.05, 4.69) is 17.2 Å². The number of carbonyl (C=O) groups excluding carboxylic acids is 1. The van der Waals surface area contributed by atoms with Gasteiger partial charge in [-0.05, 0) is 52.0 Å². The van der Waals surface area contributed by atoms with Gasteiger partial charge < -0.3 is 15.8 Å². The van der Waals surface area contributed by atoms with Crippen LogP contribution in [0.2, 0.25) is 0 Å². The zero-order valence-electron chi connectivity index (χ0n) is 14.0. The lowest BCUT2D eigenvalue weighted by Crippen LogP contribution is -2.46. The van der Waals surface area contributed by atoms with Gasteiger partial charge in [0.1, 0.15) is 5.60 Å². The molecule has 1 amide bonds. The predicted octanol–water partition coefficient (Wildman–Crippen LogP) is 3.59. The van der Waals surface area contributed by atoms with Crippen LogP contribution in [0.5, 0.6) is 0 Å². The standard InChI is InChI=1S/C17H27N3O2/c1-12-6-5-8-17(10-12,13-7-9-19-11-14(13)18)22-15(21)20-16(2,3)4/h7,9,11-12H,5-6,8,10,18H2,1-4H3,(H,20,21). The molecule has 2 unspecified atom stereocenters. The maximum Gasteiger partial charge on any atom is 0.408 e. The number of anilines is 1.